The number of rotatable bonds is 11. The van der Waals surface area contributed by atoms with E-state index in [9.17, 15) is 10.1 Å². The van der Waals surface area contributed by atoms with E-state index in [1.807, 2.05) is 152 Å². The molecule has 9 rings (SSSR count). The van der Waals surface area contributed by atoms with Crippen LogP contribution in [0.4, 0.5) is 5.82 Å². The number of aromatic amines is 1. The molecular weight excluding hydrogens is 864 g/mol. The van der Waals surface area contributed by atoms with Gasteiger partial charge in [-0.2, -0.15) is 19.9 Å². The van der Waals surface area contributed by atoms with Gasteiger partial charge < -0.3 is 15.2 Å². The van der Waals surface area contributed by atoms with Crippen molar-refractivity contribution in [3.63, 3.8) is 0 Å². The number of aromatic nitrogens is 4. The predicted molar refractivity (Wildman–Crippen MR) is 257 cm³/mol. The number of H-pyrrole nitrogens is 1. The first-order valence-electron chi connectivity index (χ1n) is 20.8. The minimum absolute atomic E-state index is 0.180. The van der Waals surface area contributed by atoms with Crippen LogP contribution in [0.2, 0.25) is 5.02 Å². The van der Waals surface area contributed by atoms with E-state index in [1.54, 1.807) is 6.07 Å². The van der Waals surface area contributed by atoms with E-state index in [2.05, 4.69) is 40.7 Å². The van der Waals surface area contributed by atoms with Gasteiger partial charge in [-0.1, -0.05) is 91.3 Å². The Morgan fingerprint density at radius 2 is 1.15 bits per heavy atom. The van der Waals surface area contributed by atoms with Crippen molar-refractivity contribution in [2.45, 2.75) is 19.8 Å². The van der Waals surface area contributed by atoms with Crippen molar-refractivity contribution < 1.29 is 23.9 Å². The number of carbonyl (C=O) groups excluding carboxylic acids is 3. The Morgan fingerprint density at radius 3 is 1.69 bits per heavy atom. The number of nitrogens with one attached hydrogen (secondary N) is 2. The molecule has 0 aliphatic rings. The molecule has 6 aromatic carbocycles. The van der Waals surface area contributed by atoms with Gasteiger partial charge in [-0.15, -0.1) is 0 Å². The molecule has 0 saturated heterocycles. The number of nitrogens with zero attached hydrogens (tertiary/aromatic N) is 4. The summed E-state index contributed by atoms with van der Waals surface area (Å²) in [6, 6.07) is 56.0. The first-order valence-corrected chi connectivity index (χ1v) is 21.2. The number of hydrogen-bond acceptors (Lipinski definition) is 11. The Labute approximate surface area is 390 Å². The largest absolute Gasteiger partial charge is 0.457 e. The van der Waals surface area contributed by atoms with Crippen LogP contribution in [0.5, 0.6) is 23.0 Å². The first-order chi connectivity index (χ1) is 32.7. The lowest BCUT2D eigenvalue weighted by atomic mass is 10.0. The molecule has 0 fully saturated rings. The minimum Gasteiger partial charge on any atom is -0.457 e. The minimum atomic E-state index is -0.264. The van der Waals surface area contributed by atoms with Crippen molar-refractivity contribution in [2.75, 3.05) is 5.73 Å². The highest BCUT2D eigenvalue weighted by Gasteiger charge is 2.17. The van der Waals surface area contributed by atoms with E-state index in [1.165, 1.54) is 5.56 Å². The third kappa shape index (κ3) is 11.6. The second kappa shape index (κ2) is 22.1. The molecule has 0 unspecified atom stereocenters. The van der Waals surface area contributed by atoms with Crippen LogP contribution in [0, 0.1) is 11.3 Å². The number of nitrogen functional groups attached to an aromatic ring is 1. The van der Waals surface area contributed by atoms with Gasteiger partial charge in [0.05, 0.1) is 50.7 Å². The third-order valence-electron chi connectivity index (χ3n) is 10.2. The quantitative estimate of drug-likeness (QED) is 0.0544. The van der Waals surface area contributed by atoms with Crippen LogP contribution < -0.4 is 26.5 Å². The number of amides is 1. The van der Waals surface area contributed by atoms with Crippen molar-refractivity contribution in [2.24, 2.45) is 5.84 Å². The maximum absolute atomic E-state index is 11.7. The summed E-state index contributed by atoms with van der Waals surface area (Å²) < 4.78 is 11.8. The summed E-state index contributed by atoms with van der Waals surface area (Å²) >= 11 is 6.46. The second-order valence-corrected chi connectivity index (χ2v) is 15.1. The fraction of sp³-hybridized carbons (Fsp3) is 0.0566. The van der Waals surface area contributed by atoms with Crippen LogP contribution in [0.15, 0.2) is 170 Å². The molecule has 0 atom stereocenters. The molecule has 9 aromatic rings. The number of halogens is 1. The van der Waals surface area contributed by atoms with Gasteiger partial charge in [-0.25, -0.2) is 15.8 Å². The Hall–Kier alpha value is -8.92. The highest BCUT2D eigenvalue weighted by molar-refractivity contribution is 6.32. The first kappa shape index (κ1) is 46.1. The van der Waals surface area contributed by atoms with Gasteiger partial charge in [0, 0.05) is 22.3 Å². The topological polar surface area (TPSA) is 212 Å². The van der Waals surface area contributed by atoms with Crippen LogP contribution in [0.1, 0.15) is 23.6 Å². The average molecular weight is 905 g/mol. The Kier molecular flexibility index (Phi) is 15.2. The number of pyridine rings is 2. The van der Waals surface area contributed by atoms with Gasteiger partial charge in [-0.3, -0.25) is 15.3 Å². The smallest absolute Gasteiger partial charge is 0.373 e. The van der Waals surface area contributed by atoms with E-state index in [0.29, 0.717) is 39.3 Å². The Morgan fingerprint density at radius 1 is 0.657 bits per heavy atom. The molecular formula is C53H41ClN8O5. The number of hydrogen-bond donors (Lipinski definition) is 4. The van der Waals surface area contributed by atoms with Gasteiger partial charge >= 0.3 is 6.15 Å². The molecule has 0 saturated carbocycles. The zero-order valence-corrected chi connectivity index (χ0v) is 36.7. The molecule has 6 N–H and O–H groups in total. The number of benzene rings is 6. The lowest BCUT2D eigenvalue weighted by molar-refractivity contribution is -0.191. The Bertz CT molecular complexity index is 3210. The van der Waals surface area contributed by atoms with E-state index in [0.717, 1.165) is 68.0 Å². The van der Waals surface area contributed by atoms with E-state index in [4.69, 9.17) is 52.2 Å². The number of fused-ring (bicyclic) bond motifs is 1. The number of hydrazine groups is 1. The highest BCUT2D eigenvalue weighted by Crippen LogP contribution is 2.36. The monoisotopic (exact) mass is 904 g/mol. The van der Waals surface area contributed by atoms with Crippen LogP contribution >= 0.6 is 11.6 Å². The summed E-state index contributed by atoms with van der Waals surface area (Å²) in [5.74, 6) is 8.30. The number of anilines is 1. The van der Waals surface area contributed by atoms with Crippen LogP contribution in [-0.4, -0.2) is 32.2 Å². The normalized spacial score (nSPS) is 10.3. The molecule has 0 aliphatic heterocycles. The zero-order valence-electron chi connectivity index (χ0n) is 35.9. The predicted octanol–water partition coefficient (Wildman–Crippen LogP) is 10.9. The van der Waals surface area contributed by atoms with E-state index in [-0.39, 0.29) is 18.5 Å². The van der Waals surface area contributed by atoms with E-state index < -0.39 is 0 Å². The van der Waals surface area contributed by atoms with Crippen molar-refractivity contribution in [1.82, 2.24) is 25.6 Å². The lowest BCUT2D eigenvalue weighted by Crippen LogP contribution is -2.31. The van der Waals surface area contributed by atoms with Crippen LogP contribution in [0.25, 0.3) is 55.9 Å². The summed E-state index contributed by atoms with van der Waals surface area (Å²) in [5, 5.41) is 18.0. The van der Waals surface area contributed by atoms with Crippen molar-refractivity contribution in [1.29, 1.82) is 5.26 Å². The fourth-order valence-corrected chi connectivity index (χ4v) is 7.28. The summed E-state index contributed by atoms with van der Waals surface area (Å²) in [6.07, 6.45) is 1.37. The van der Waals surface area contributed by atoms with Gasteiger partial charge in [0.1, 0.15) is 29.1 Å². The van der Waals surface area contributed by atoms with Gasteiger partial charge in [0.2, 0.25) is 5.91 Å². The fourth-order valence-electron chi connectivity index (χ4n) is 7.04. The number of carbonyl (C=O) groups is 1. The molecule has 13 nitrogen and oxygen atoms in total. The number of aryl methyl sites for hydroxylation is 1. The maximum atomic E-state index is 11.7. The zero-order chi connectivity index (χ0) is 47.1. The highest BCUT2D eigenvalue weighted by atomic mass is 35.5. The van der Waals surface area contributed by atoms with Gasteiger partial charge in [0.25, 0.3) is 0 Å². The third-order valence-corrected chi connectivity index (χ3v) is 10.5. The molecule has 330 valence electrons. The van der Waals surface area contributed by atoms with Crippen molar-refractivity contribution in [3.8, 4) is 74.1 Å². The molecule has 3 heterocycles. The molecule has 3 aromatic heterocycles. The summed E-state index contributed by atoms with van der Waals surface area (Å²) in [4.78, 5) is 37.7. The SMILES string of the molecule is CCc1cccc(-c2cc(Cl)c(C#N)c(-c3ccc(Oc4ccccc4)cc3)n2)c1.NNC(=O)Cc1cccc(-c2cc3[nH]nc(N)c3c(-c3ccc(Oc4ccccc4)cc3)n2)c1.O=C=O. The summed E-state index contributed by atoms with van der Waals surface area (Å²) in [5.41, 5.74) is 17.8. The number of nitrogens with two attached hydrogens (primary N) is 2. The summed E-state index contributed by atoms with van der Waals surface area (Å²) in [6.45, 7) is 2.11. The average Bonchev–Trinajstić information content (AvgIpc) is 3.75. The standard InChI is InChI=1S/C26H19ClN2O.C26H22N6O2.CO2/c1-2-18-7-6-8-20(15-18)25-16-24(27)23(17-28)26(29-25)19-11-13-22(14-12-19)30-21-9-4-3-5-10-21;27-26-24-22(31-32-26)15-21(18-6-4-5-16(13-18)14-23(33)30-28)29-25(24)17-9-11-20(12-10-17)34-19-7-2-1-3-8-19;2-1-3/h3-16H,2H2,1H3;1-13,15H,14,28H2,(H,30,33)(H3,27,31,32);. The lowest BCUT2D eigenvalue weighted by Gasteiger charge is -2.11. The summed E-state index contributed by atoms with van der Waals surface area (Å²) in [7, 11) is 0. The number of ether oxygens (including phenoxy) is 2. The number of nitriles is 1. The molecule has 1 amide bonds. The van der Waals surface area contributed by atoms with Crippen molar-refractivity contribution in [3.05, 3.63) is 192 Å². The number of para-hydroxylation sites is 2. The molecule has 0 spiro atoms. The van der Waals surface area contributed by atoms with E-state index >= 15 is 0 Å². The Balaban J connectivity index is 0.000000189. The maximum Gasteiger partial charge on any atom is 0.373 e. The van der Waals surface area contributed by atoms with Crippen molar-refractivity contribution >= 4 is 40.4 Å². The van der Waals surface area contributed by atoms with Crippen LogP contribution in [-0.2, 0) is 27.2 Å². The van der Waals surface area contributed by atoms with Crippen LogP contribution in [0.3, 0.4) is 0 Å². The van der Waals surface area contributed by atoms with Gasteiger partial charge in [0.15, 0.2) is 5.82 Å². The molecule has 67 heavy (non-hydrogen) atoms. The van der Waals surface area contributed by atoms with Gasteiger partial charge in [-0.05, 0) is 115 Å². The molecule has 0 aliphatic carbocycles. The molecule has 14 heteroatoms. The second-order valence-electron chi connectivity index (χ2n) is 14.7. The molecule has 0 radical (unpaired) electrons. The molecule has 0 bridgehead atoms.